The van der Waals surface area contributed by atoms with Crippen LogP contribution in [0.5, 0.6) is 0 Å². The fourth-order valence-electron chi connectivity index (χ4n) is 1.55. The van der Waals surface area contributed by atoms with Crippen LogP contribution in [0, 0.1) is 5.92 Å². The Bertz CT molecular complexity index is 161. The van der Waals surface area contributed by atoms with Gasteiger partial charge in [0.05, 0.1) is 11.7 Å². The van der Waals surface area contributed by atoms with Crippen molar-refractivity contribution in [2.75, 3.05) is 6.54 Å². The van der Waals surface area contributed by atoms with Gasteiger partial charge in [-0.1, -0.05) is 26.7 Å². The number of aliphatic hydroxyl groups excluding tert-OH is 1. The average Bonchev–Trinajstić information content (AvgIpc) is 2.14. The van der Waals surface area contributed by atoms with Crippen LogP contribution in [-0.2, 0) is 0 Å². The van der Waals surface area contributed by atoms with E-state index in [2.05, 4.69) is 19.2 Å². The molecule has 0 amide bonds. The molecule has 0 aromatic rings. The maximum atomic E-state index is 9.88. The molecule has 0 aliphatic carbocycles. The topological polar surface area (TPSA) is 52.5 Å². The van der Waals surface area contributed by atoms with Crippen LogP contribution >= 0.6 is 0 Å². The molecule has 3 heteroatoms. The quantitative estimate of drug-likeness (QED) is 0.606. The molecule has 0 fully saturated rings. The number of nitrogens with one attached hydrogen (secondary N) is 1. The van der Waals surface area contributed by atoms with Gasteiger partial charge in [-0.3, -0.25) is 0 Å². The second kappa shape index (κ2) is 6.46. The van der Waals surface area contributed by atoms with Crippen molar-refractivity contribution in [3.63, 3.8) is 0 Å². The first-order chi connectivity index (χ1) is 6.82. The Morgan fingerprint density at radius 3 is 2.00 bits per heavy atom. The Labute approximate surface area is 93.9 Å². The normalized spacial score (nSPS) is 16.8. The summed E-state index contributed by atoms with van der Waals surface area (Å²) in [6.07, 6.45) is 1.68. The third-order valence-corrected chi connectivity index (χ3v) is 3.29. The standard InChI is InChI=1S/C12H27NO2/c1-6-10(7-2)11(14)8-13-9(3)12(4,5)15/h9-11,13-15H,6-8H2,1-5H3. The van der Waals surface area contributed by atoms with Gasteiger partial charge in [0.1, 0.15) is 0 Å². The van der Waals surface area contributed by atoms with Gasteiger partial charge in [-0.05, 0) is 26.7 Å². The lowest BCUT2D eigenvalue weighted by atomic mass is 9.95. The van der Waals surface area contributed by atoms with Crippen LogP contribution in [0.3, 0.4) is 0 Å². The molecular weight excluding hydrogens is 190 g/mol. The van der Waals surface area contributed by atoms with E-state index in [-0.39, 0.29) is 12.1 Å². The van der Waals surface area contributed by atoms with Gasteiger partial charge >= 0.3 is 0 Å². The summed E-state index contributed by atoms with van der Waals surface area (Å²) >= 11 is 0. The average molecular weight is 217 g/mol. The Morgan fingerprint density at radius 1 is 1.20 bits per heavy atom. The zero-order valence-corrected chi connectivity index (χ0v) is 10.7. The SMILES string of the molecule is CCC(CC)C(O)CNC(C)C(C)(C)O. The lowest BCUT2D eigenvalue weighted by Gasteiger charge is -2.29. The molecule has 92 valence electrons. The fourth-order valence-corrected chi connectivity index (χ4v) is 1.55. The summed E-state index contributed by atoms with van der Waals surface area (Å²) in [4.78, 5) is 0. The van der Waals surface area contributed by atoms with E-state index in [0.29, 0.717) is 12.5 Å². The third kappa shape index (κ3) is 5.50. The van der Waals surface area contributed by atoms with Crippen molar-refractivity contribution >= 4 is 0 Å². The smallest absolute Gasteiger partial charge is 0.0741 e. The first kappa shape index (κ1) is 14.9. The molecule has 0 bridgehead atoms. The Kier molecular flexibility index (Phi) is 6.41. The summed E-state index contributed by atoms with van der Waals surface area (Å²) in [7, 11) is 0. The zero-order chi connectivity index (χ0) is 12.1. The predicted octanol–water partition coefficient (Wildman–Crippen LogP) is 1.53. The highest BCUT2D eigenvalue weighted by atomic mass is 16.3. The van der Waals surface area contributed by atoms with Crippen molar-refractivity contribution in [1.82, 2.24) is 5.32 Å². The van der Waals surface area contributed by atoms with Gasteiger partial charge in [0.2, 0.25) is 0 Å². The molecule has 0 aromatic carbocycles. The summed E-state index contributed by atoms with van der Waals surface area (Å²) in [6, 6.07) is -0.0125. The van der Waals surface area contributed by atoms with Crippen LogP contribution < -0.4 is 5.32 Å². The summed E-state index contributed by atoms with van der Waals surface area (Å²) in [5.41, 5.74) is -0.742. The van der Waals surface area contributed by atoms with Gasteiger partial charge in [-0.25, -0.2) is 0 Å². The second-order valence-electron chi connectivity index (χ2n) is 4.93. The maximum absolute atomic E-state index is 9.88. The van der Waals surface area contributed by atoms with Crippen molar-refractivity contribution in [2.45, 2.75) is 65.2 Å². The molecule has 0 radical (unpaired) electrons. The van der Waals surface area contributed by atoms with E-state index in [1.807, 2.05) is 6.92 Å². The molecule has 0 aliphatic rings. The van der Waals surface area contributed by atoms with E-state index < -0.39 is 5.60 Å². The zero-order valence-electron chi connectivity index (χ0n) is 10.7. The monoisotopic (exact) mass is 217 g/mol. The van der Waals surface area contributed by atoms with Crippen molar-refractivity contribution in [1.29, 1.82) is 0 Å². The molecule has 3 N–H and O–H groups in total. The molecule has 15 heavy (non-hydrogen) atoms. The van der Waals surface area contributed by atoms with Crippen molar-refractivity contribution < 1.29 is 10.2 Å². The molecule has 3 nitrogen and oxygen atoms in total. The fraction of sp³-hybridized carbons (Fsp3) is 1.00. The number of hydrogen-bond acceptors (Lipinski definition) is 3. The van der Waals surface area contributed by atoms with E-state index in [1.54, 1.807) is 13.8 Å². The molecule has 0 heterocycles. The molecule has 0 aliphatic heterocycles. The van der Waals surface area contributed by atoms with Crippen LogP contribution in [0.4, 0.5) is 0 Å². The van der Waals surface area contributed by atoms with Crippen molar-refractivity contribution in [2.24, 2.45) is 5.92 Å². The Balaban J connectivity index is 3.94. The number of hydrogen-bond donors (Lipinski definition) is 3. The van der Waals surface area contributed by atoms with Crippen LogP contribution in [0.2, 0.25) is 0 Å². The van der Waals surface area contributed by atoms with Crippen LogP contribution in [0.25, 0.3) is 0 Å². The predicted molar refractivity (Wildman–Crippen MR) is 63.8 cm³/mol. The summed E-state index contributed by atoms with van der Waals surface area (Å²) in [5, 5.41) is 22.8. The molecule has 0 saturated carbocycles. The highest BCUT2D eigenvalue weighted by Gasteiger charge is 2.23. The van der Waals surface area contributed by atoms with E-state index in [4.69, 9.17) is 0 Å². The molecule has 0 rings (SSSR count). The molecule has 0 aromatic heterocycles. The van der Waals surface area contributed by atoms with Crippen LogP contribution in [0.1, 0.15) is 47.5 Å². The van der Waals surface area contributed by atoms with E-state index in [1.165, 1.54) is 0 Å². The minimum atomic E-state index is -0.742. The van der Waals surface area contributed by atoms with E-state index in [0.717, 1.165) is 12.8 Å². The van der Waals surface area contributed by atoms with Gasteiger partial charge in [0.25, 0.3) is 0 Å². The first-order valence-electron chi connectivity index (χ1n) is 5.96. The lowest BCUT2D eigenvalue weighted by molar-refractivity contribution is 0.0324. The van der Waals surface area contributed by atoms with Crippen molar-refractivity contribution in [3.05, 3.63) is 0 Å². The van der Waals surface area contributed by atoms with Gasteiger partial charge in [-0.2, -0.15) is 0 Å². The highest BCUT2D eigenvalue weighted by molar-refractivity contribution is 4.81. The Morgan fingerprint density at radius 2 is 1.67 bits per heavy atom. The summed E-state index contributed by atoms with van der Waals surface area (Å²) in [6.45, 7) is 10.2. The highest BCUT2D eigenvalue weighted by Crippen LogP contribution is 2.13. The minimum absolute atomic E-state index is 0.0125. The summed E-state index contributed by atoms with van der Waals surface area (Å²) < 4.78 is 0. The van der Waals surface area contributed by atoms with E-state index >= 15 is 0 Å². The molecule has 0 saturated heterocycles. The molecular formula is C12H27NO2. The molecule has 0 spiro atoms. The Hall–Kier alpha value is -0.120. The van der Waals surface area contributed by atoms with Crippen LogP contribution in [0.15, 0.2) is 0 Å². The molecule has 2 unspecified atom stereocenters. The van der Waals surface area contributed by atoms with E-state index in [9.17, 15) is 10.2 Å². The third-order valence-electron chi connectivity index (χ3n) is 3.29. The lowest BCUT2D eigenvalue weighted by Crippen LogP contribution is -2.48. The van der Waals surface area contributed by atoms with Gasteiger partial charge in [-0.15, -0.1) is 0 Å². The second-order valence-corrected chi connectivity index (χ2v) is 4.93. The first-order valence-corrected chi connectivity index (χ1v) is 5.96. The maximum Gasteiger partial charge on any atom is 0.0741 e. The summed E-state index contributed by atoms with van der Waals surface area (Å²) in [5.74, 6) is 0.353. The van der Waals surface area contributed by atoms with Gasteiger partial charge in [0, 0.05) is 12.6 Å². The number of rotatable bonds is 7. The van der Waals surface area contributed by atoms with Crippen LogP contribution in [-0.4, -0.2) is 34.5 Å². The van der Waals surface area contributed by atoms with Gasteiger partial charge < -0.3 is 15.5 Å². The van der Waals surface area contributed by atoms with Crippen molar-refractivity contribution in [3.8, 4) is 0 Å². The largest absolute Gasteiger partial charge is 0.392 e. The van der Waals surface area contributed by atoms with Gasteiger partial charge in [0.15, 0.2) is 0 Å². The minimum Gasteiger partial charge on any atom is -0.392 e. The number of aliphatic hydroxyl groups is 2. The molecule has 2 atom stereocenters.